The maximum atomic E-state index is 5.07. The molecule has 0 spiro atoms. The van der Waals surface area contributed by atoms with Crippen molar-refractivity contribution in [1.29, 1.82) is 0 Å². The molecule has 0 saturated carbocycles. The molecular weight excluding hydrogens is 212 g/mol. The second kappa shape index (κ2) is 4.01. The van der Waals surface area contributed by atoms with E-state index in [2.05, 4.69) is 40.5 Å². The molecule has 3 rings (SSSR count). The second-order valence-electron chi connectivity index (χ2n) is 4.05. The molecule has 0 N–H and O–H groups in total. The van der Waals surface area contributed by atoms with Crippen molar-refractivity contribution in [2.24, 2.45) is 4.99 Å². The van der Waals surface area contributed by atoms with E-state index in [9.17, 15) is 0 Å². The monoisotopic (exact) mass is 224 g/mol. The van der Waals surface area contributed by atoms with Gasteiger partial charge in [0.2, 0.25) is 0 Å². The number of benzene rings is 1. The van der Waals surface area contributed by atoms with Crippen molar-refractivity contribution in [3.05, 3.63) is 47.7 Å². The Morgan fingerprint density at radius 3 is 2.47 bits per heavy atom. The molecule has 0 atom stereocenters. The number of aromatic nitrogens is 1. The lowest BCUT2D eigenvalue weighted by Crippen LogP contribution is -1.83. The summed E-state index contributed by atoms with van der Waals surface area (Å²) < 4.78 is 5.07. The summed E-state index contributed by atoms with van der Waals surface area (Å²) in [7, 11) is 0. The van der Waals surface area contributed by atoms with E-state index in [1.807, 2.05) is 19.2 Å². The maximum absolute atomic E-state index is 5.07. The Labute approximate surface area is 99.5 Å². The number of nitrogens with zero attached hydrogens (tertiary/aromatic N) is 2. The standard InChI is InChI=1S/C14H12N2O/c1-10-8-14(16-17-10)12-4-2-11(3-5-12)13-6-7-15-9-13/h2-6,8-9H,7H2,1H3. The molecular formula is C14H12N2O. The van der Waals surface area contributed by atoms with Gasteiger partial charge in [0.05, 0.1) is 6.54 Å². The van der Waals surface area contributed by atoms with Gasteiger partial charge < -0.3 is 4.52 Å². The first-order valence-corrected chi connectivity index (χ1v) is 5.57. The summed E-state index contributed by atoms with van der Waals surface area (Å²) in [5.74, 6) is 0.828. The first-order chi connectivity index (χ1) is 8.33. The molecule has 1 aromatic carbocycles. The average molecular weight is 224 g/mol. The van der Waals surface area contributed by atoms with Gasteiger partial charge in [0.25, 0.3) is 0 Å². The molecule has 0 aliphatic carbocycles. The quantitative estimate of drug-likeness (QED) is 0.786. The Morgan fingerprint density at radius 1 is 1.12 bits per heavy atom. The number of allylic oxidation sites excluding steroid dienone is 1. The molecule has 2 heterocycles. The van der Waals surface area contributed by atoms with Crippen LogP contribution >= 0.6 is 0 Å². The minimum Gasteiger partial charge on any atom is -0.361 e. The molecule has 1 aromatic heterocycles. The Balaban J connectivity index is 1.92. The molecule has 3 heteroatoms. The van der Waals surface area contributed by atoms with Crippen LogP contribution in [-0.2, 0) is 0 Å². The van der Waals surface area contributed by atoms with E-state index in [1.165, 1.54) is 11.1 Å². The highest BCUT2D eigenvalue weighted by molar-refractivity contribution is 6.11. The minimum atomic E-state index is 0.791. The largest absolute Gasteiger partial charge is 0.361 e. The van der Waals surface area contributed by atoms with Gasteiger partial charge in [-0.05, 0) is 18.1 Å². The van der Waals surface area contributed by atoms with E-state index >= 15 is 0 Å². The summed E-state index contributed by atoms with van der Waals surface area (Å²) in [6, 6.07) is 10.2. The Kier molecular flexibility index (Phi) is 2.37. The van der Waals surface area contributed by atoms with Crippen LogP contribution in [0.1, 0.15) is 11.3 Å². The van der Waals surface area contributed by atoms with Gasteiger partial charge in [-0.25, -0.2) is 0 Å². The summed E-state index contributed by atoms with van der Waals surface area (Å²) in [5.41, 5.74) is 4.33. The molecule has 17 heavy (non-hydrogen) atoms. The third-order valence-corrected chi connectivity index (χ3v) is 2.79. The van der Waals surface area contributed by atoms with Crippen molar-refractivity contribution in [2.75, 3.05) is 6.54 Å². The second-order valence-corrected chi connectivity index (χ2v) is 4.05. The highest BCUT2D eigenvalue weighted by atomic mass is 16.5. The number of hydrogen-bond donors (Lipinski definition) is 0. The number of hydrogen-bond acceptors (Lipinski definition) is 3. The predicted octanol–water partition coefficient (Wildman–Crippen LogP) is 3.12. The Morgan fingerprint density at radius 2 is 1.88 bits per heavy atom. The van der Waals surface area contributed by atoms with Crippen LogP contribution in [0.25, 0.3) is 16.8 Å². The summed E-state index contributed by atoms with van der Waals surface area (Å²) in [6.45, 7) is 2.68. The summed E-state index contributed by atoms with van der Waals surface area (Å²) in [4.78, 5) is 4.18. The van der Waals surface area contributed by atoms with E-state index in [-0.39, 0.29) is 0 Å². The topological polar surface area (TPSA) is 38.4 Å². The number of rotatable bonds is 2. The molecule has 84 valence electrons. The molecule has 0 saturated heterocycles. The van der Waals surface area contributed by atoms with Crippen LogP contribution in [0.5, 0.6) is 0 Å². The van der Waals surface area contributed by atoms with Crippen molar-refractivity contribution in [3.8, 4) is 11.3 Å². The van der Waals surface area contributed by atoms with Gasteiger partial charge in [0, 0.05) is 17.8 Å². The third kappa shape index (κ3) is 1.91. The SMILES string of the molecule is Cc1cc(-c2ccc(C3=CCN=C3)cc2)no1. The summed E-state index contributed by atoms with van der Waals surface area (Å²) >= 11 is 0. The van der Waals surface area contributed by atoms with Gasteiger partial charge >= 0.3 is 0 Å². The van der Waals surface area contributed by atoms with Gasteiger partial charge in [-0.3, -0.25) is 4.99 Å². The molecule has 2 aromatic rings. The van der Waals surface area contributed by atoms with Crippen LogP contribution in [0.2, 0.25) is 0 Å². The highest BCUT2D eigenvalue weighted by Crippen LogP contribution is 2.22. The van der Waals surface area contributed by atoms with Crippen molar-refractivity contribution < 1.29 is 4.52 Å². The molecule has 0 unspecified atom stereocenters. The van der Waals surface area contributed by atoms with Gasteiger partial charge in [0.15, 0.2) is 0 Å². The van der Waals surface area contributed by atoms with Gasteiger partial charge in [-0.1, -0.05) is 35.5 Å². The maximum Gasteiger partial charge on any atom is 0.134 e. The van der Waals surface area contributed by atoms with Crippen LogP contribution in [0, 0.1) is 6.92 Å². The molecule has 1 aliphatic heterocycles. The van der Waals surface area contributed by atoms with Crippen molar-refractivity contribution >= 4 is 11.8 Å². The Bertz CT molecular complexity index is 591. The van der Waals surface area contributed by atoms with Gasteiger partial charge in [0.1, 0.15) is 11.5 Å². The zero-order valence-corrected chi connectivity index (χ0v) is 9.55. The van der Waals surface area contributed by atoms with E-state index in [1.54, 1.807) is 0 Å². The van der Waals surface area contributed by atoms with Crippen LogP contribution in [0.15, 0.2) is 45.9 Å². The van der Waals surface area contributed by atoms with Crippen molar-refractivity contribution in [2.45, 2.75) is 6.92 Å². The average Bonchev–Trinajstić information content (AvgIpc) is 3.00. The number of aliphatic imine (C=N–C) groups is 1. The zero-order valence-electron chi connectivity index (χ0n) is 9.55. The zero-order chi connectivity index (χ0) is 11.7. The van der Waals surface area contributed by atoms with E-state index in [0.717, 1.165) is 23.6 Å². The highest BCUT2D eigenvalue weighted by Gasteiger charge is 2.06. The van der Waals surface area contributed by atoms with Crippen LogP contribution in [0.4, 0.5) is 0 Å². The number of aryl methyl sites for hydroxylation is 1. The van der Waals surface area contributed by atoms with Crippen molar-refractivity contribution in [1.82, 2.24) is 5.16 Å². The van der Waals surface area contributed by atoms with E-state index < -0.39 is 0 Å². The summed E-state index contributed by atoms with van der Waals surface area (Å²) in [5, 5.41) is 4.00. The van der Waals surface area contributed by atoms with E-state index in [0.29, 0.717) is 0 Å². The Hall–Kier alpha value is -2.16. The van der Waals surface area contributed by atoms with Gasteiger partial charge in [-0.2, -0.15) is 0 Å². The molecule has 0 radical (unpaired) electrons. The molecule has 0 fully saturated rings. The van der Waals surface area contributed by atoms with E-state index in [4.69, 9.17) is 4.52 Å². The van der Waals surface area contributed by atoms with Crippen LogP contribution < -0.4 is 0 Å². The fourth-order valence-electron chi connectivity index (χ4n) is 1.88. The lowest BCUT2D eigenvalue weighted by atomic mass is 10.0. The molecule has 3 nitrogen and oxygen atoms in total. The lowest BCUT2D eigenvalue weighted by molar-refractivity contribution is 0.399. The lowest BCUT2D eigenvalue weighted by Gasteiger charge is -2.00. The fraction of sp³-hybridized carbons (Fsp3) is 0.143. The normalized spacial score (nSPS) is 14.1. The van der Waals surface area contributed by atoms with Crippen molar-refractivity contribution in [3.63, 3.8) is 0 Å². The molecule has 0 bridgehead atoms. The predicted molar refractivity (Wildman–Crippen MR) is 68.0 cm³/mol. The first kappa shape index (κ1) is 10.0. The first-order valence-electron chi connectivity index (χ1n) is 5.57. The minimum absolute atomic E-state index is 0.791. The van der Waals surface area contributed by atoms with Gasteiger partial charge in [-0.15, -0.1) is 0 Å². The molecule has 1 aliphatic rings. The third-order valence-electron chi connectivity index (χ3n) is 2.79. The fourth-order valence-corrected chi connectivity index (χ4v) is 1.88. The summed E-state index contributed by atoms with van der Waals surface area (Å²) in [6.07, 6.45) is 4.03. The molecule has 0 amide bonds. The van der Waals surface area contributed by atoms with Crippen LogP contribution in [-0.4, -0.2) is 17.9 Å². The smallest absolute Gasteiger partial charge is 0.134 e. The van der Waals surface area contributed by atoms with Crippen LogP contribution in [0.3, 0.4) is 0 Å².